The number of aromatic amines is 1. The van der Waals surface area contributed by atoms with E-state index in [1.165, 1.54) is 22.2 Å². The fraction of sp³-hybridized carbons (Fsp3) is 0.391. The molecule has 0 aliphatic carbocycles. The first-order valence-corrected chi connectivity index (χ1v) is 10.5. The number of hydrogen-bond donors (Lipinski definition) is 2. The van der Waals surface area contributed by atoms with E-state index in [1.54, 1.807) is 0 Å². The summed E-state index contributed by atoms with van der Waals surface area (Å²) in [5, 5.41) is 5.70. The van der Waals surface area contributed by atoms with Gasteiger partial charge in [0.05, 0.1) is 6.04 Å². The highest BCUT2D eigenvalue weighted by Crippen LogP contribution is 2.35. The maximum atomic E-state index is 6.23. The van der Waals surface area contributed by atoms with Gasteiger partial charge in [0.2, 0.25) is 0 Å². The average Bonchev–Trinajstić information content (AvgIpc) is 3.08. The Bertz CT molecular complexity index is 973. The molecule has 2 aliphatic rings. The van der Waals surface area contributed by atoms with Gasteiger partial charge in [-0.15, -0.1) is 0 Å². The van der Waals surface area contributed by atoms with Crippen molar-refractivity contribution in [3.05, 3.63) is 64.3 Å². The zero-order chi connectivity index (χ0) is 19.1. The molecule has 0 bridgehead atoms. The Morgan fingerprint density at radius 2 is 1.86 bits per heavy atom. The topological polar surface area (TPSA) is 40.3 Å². The minimum absolute atomic E-state index is 0.173. The van der Waals surface area contributed by atoms with Crippen LogP contribution in [0.5, 0.6) is 5.75 Å². The molecule has 0 spiro atoms. The first-order valence-electron chi connectivity index (χ1n) is 10.2. The molecule has 28 heavy (non-hydrogen) atoms. The Morgan fingerprint density at radius 3 is 2.64 bits per heavy atom. The number of piperidine rings is 1. The summed E-state index contributed by atoms with van der Waals surface area (Å²) < 4.78 is 6.21. The van der Waals surface area contributed by atoms with E-state index >= 15 is 0 Å². The van der Waals surface area contributed by atoms with Crippen molar-refractivity contribution in [1.29, 1.82) is 0 Å². The molecule has 1 saturated heterocycles. The molecule has 0 saturated carbocycles. The fourth-order valence-electron chi connectivity index (χ4n) is 4.52. The Labute approximate surface area is 170 Å². The Hall–Kier alpha value is -2.01. The quantitative estimate of drug-likeness (QED) is 0.684. The summed E-state index contributed by atoms with van der Waals surface area (Å²) in [5.74, 6) is 0.970. The number of fused-ring (bicyclic) bond motifs is 3. The van der Waals surface area contributed by atoms with Gasteiger partial charge in [0.1, 0.15) is 11.9 Å². The summed E-state index contributed by atoms with van der Waals surface area (Å²) >= 11 is 6.23. The van der Waals surface area contributed by atoms with E-state index in [9.17, 15) is 0 Å². The number of nitrogens with one attached hydrogen (secondary N) is 2. The number of halogens is 1. The molecule has 5 heteroatoms. The van der Waals surface area contributed by atoms with E-state index in [4.69, 9.17) is 16.3 Å². The highest BCUT2D eigenvalue weighted by Gasteiger charge is 2.25. The number of benzene rings is 2. The highest BCUT2D eigenvalue weighted by molar-refractivity contribution is 6.31. The lowest BCUT2D eigenvalue weighted by molar-refractivity contribution is 0.114. The Morgan fingerprint density at radius 1 is 1.07 bits per heavy atom. The number of ether oxygens (including phenoxy) is 1. The van der Waals surface area contributed by atoms with Crippen LogP contribution in [0.3, 0.4) is 0 Å². The monoisotopic (exact) mass is 395 g/mol. The molecular formula is C23H26ClN3O. The molecule has 1 aromatic heterocycles. The fourth-order valence-corrected chi connectivity index (χ4v) is 4.69. The van der Waals surface area contributed by atoms with Crippen molar-refractivity contribution in [2.45, 2.75) is 31.4 Å². The molecular weight excluding hydrogens is 370 g/mol. The Kier molecular flexibility index (Phi) is 4.79. The van der Waals surface area contributed by atoms with Gasteiger partial charge in [0.25, 0.3) is 0 Å². The van der Waals surface area contributed by atoms with Gasteiger partial charge in [-0.3, -0.25) is 0 Å². The number of likely N-dealkylation sites (tertiary alicyclic amines) is 1. The second kappa shape index (κ2) is 7.43. The predicted molar refractivity (Wildman–Crippen MR) is 114 cm³/mol. The van der Waals surface area contributed by atoms with Crippen molar-refractivity contribution in [3.63, 3.8) is 0 Å². The molecule has 0 amide bonds. The summed E-state index contributed by atoms with van der Waals surface area (Å²) in [7, 11) is 2.18. The van der Waals surface area contributed by atoms with Crippen molar-refractivity contribution < 1.29 is 4.74 Å². The van der Waals surface area contributed by atoms with Gasteiger partial charge in [0.15, 0.2) is 0 Å². The number of nitrogens with zero attached hydrogens (tertiary/aromatic N) is 1. The molecule has 1 unspecified atom stereocenters. The normalized spacial score (nSPS) is 21.0. The van der Waals surface area contributed by atoms with Gasteiger partial charge < -0.3 is 19.9 Å². The molecule has 5 rings (SSSR count). The van der Waals surface area contributed by atoms with Crippen molar-refractivity contribution in [1.82, 2.24) is 15.2 Å². The van der Waals surface area contributed by atoms with Crippen LogP contribution in [0.2, 0.25) is 5.02 Å². The molecule has 2 N–H and O–H groups in total. The number of H-pyrrole nitrogens is 1. The van der Waals surface area contributed by atoms with Gasteiger partial charge in [-0.1, -0.05) is 23.7 Å². The van der Waals surface area contributed by atoms with Crippen LogP contribution in [0, 0.1) is 0 Å². The van der Waals surface area contributed by atoms with E-state index in [-0.39, 0.29) is 6.04 Å². The molecule has 146 valence electrons. The third kappa shape index (κ3) is 3.41. The predicted octanol–water partition coefficient (Wildman–Crippen LogP) is 4.53. The van der Waals surface area contributed by atoms with E-state index in [1.807, 2.05) is 6.07 Å². The lowest BCUT2D eigenvalue weighted by Gasteiger charge is -2.29. The van der Waals surface area contributed by atoms with Crippen LogP contribution in [0.1, 0.15) is 35.7 Å². The van der Waals surface area contributed by atoms with Crippen molar-refractivity contribution in [2.75, 3.05) is 26.7 Å². The average molecular weight is 396 g/mol. The lowest BCUT2D eigenvalue weighted by atomic mass is 9.94. The second-order valence-electron chi connectivity index (χ2n) is 8.03. The summed E-state index contributed by atoms with van der Waals surface area (Å²) in [5.41, 5.74) is 5.06. The minimum atomic E-state index is 0.173. The number of aromatic nitrogens is 1. The van der Waals surface area contributed by atoms with Gasteiger partial charge in [0, 0.05) is 41.3 Å². The van der Waals surface area contributed by atoms with Crippen LogP contribution in [-0.2, 0) is 6.42 Å². The van der Waals surface area contributed by atoms with Crippen LogP contribution in [-0.4, -0.2) is 42.7 Å². The molecule has 0 radical (unpaired) electrons. The van der Waals surface area contributed by atoms with E-state index < -0.39 is 0 Å². The lowest BCUT2D eigenvalue weighted by Crippen LogP contribution is -2.35. The van der Waals surface area contributed by atoms with Crippen molar-refractivity contribution >= 4 is 22.5 Å². The number of rotatable bonds is 3. The molecule has 4 nitrogen and oxygen atoms in total. The van der Waals surface area contributed by atoms with E-state index in [0.29, 0.717) is 6.10 Å². The summed E-state index contributed by atoms with van der Waals surface area (Å²) in [6.07, 6.45) is 3.55. The zero-order valence-corrected chi connectivity index (χ0v) is 16.9. The highest BCUT2D eigenvalue weighted by atomic mass is 35.5. The van der Waals surface area contributed by atoms with Gasteiger partial charge >= 0.3 is 0 Å². The first kappa shape index (κ1) is 18.0. The van der Waals surface area contributed by atoms with E-state index in [2.05, 4.69) is 58.6 Å². The van der Waals surface area contributed by atoms with Gasteiger partial charge in [-0.2, -0.15) is 0 Å². The molecule has 2 aliphatic heterocycles. The summed E-state index contributed by atoms with van der Waals surface area (Å²) in [4.78, 5) is 5.98. The largest absolute Gasteiger partial charge is 0.490 e. The minimum Gasteiger partial charge on any atom is -0.490 e. The first-order chi connectivity index (χ1) is 13.7. The van der Waals surface area contributed by atoms with Gasteiger partial charge in [-0.05, 0) is 67.8 Å². The van der Waals surface area contributed by atoms with Crippen molar-refractivity contribution in [3.8, 4) is 5.75 Å². The molecule has 1 atom stereocenters. The molecule has 2 aromatic carbocycles. The molecule has 1 fully saturated rings. The third-order valence-electron chi connectivity index (χ3n) is 6.10. The summed E-state index contributed by atoms with van der Waals surface area (Å²) in [6, 6.07) is 14.9. The zero-order valence-electron chi connectivity index (χ0n) is 16.2. The van der Waals surface area contributed by atoms with Crippen molar-refractivity contribution in [2.24, 2.45) is 0 Å². The molecule has 3 heterocycles. The second-order valence-corrected chi connectivity index (χ2v) is 8.47. The van der Waals surface area contributed by atoms with Crippen LogP contribution >= 0.6 is 11.6 Å². The van der Waals surface area contributed by atoms with Crippen LogP contribution in [0.4, 0.5) is 0 Å². The summed E-state index contributed by atoms with van der Waals surface area (Å²) in [6.45, 7) is 3.19. The van der Waals surface area contributed by atoms with E-state index in [0.717, 1.165) is 55.2 Å². The Balaban J connectivity index is 1.38. The SMILES string of the molecule is CN1CCC(Oc2ccc(C3NCCc4c3[nH]c3ccc(Cl)cc43)cc2)CC1. The van der Waals surface area contributed by atoms with Crippen LogP contribution in [0.15, 0.2) is 42.5 Å². The van der Waals surface area contributed by atoms with Gasteiger partial charge in [-0.25, -0.2) is 0 Å². The maximum absolute atomic E-state index is 6.23. The maximum Gasteiger partial charge on any atom is 0.119 e. The molecule has 3 aromatic rings. The third-order valence-corrected chi connectivity index (χ3v) is 6.33. The van der Waals surface area contributed by atoms with Crippen LogP contribution in [0.25, 0.3) is 10.9 Å². The smallest absolute Gasteiger partial charge is 0.119 e. The standard InChI is InChI=1S/C23H26ClN3O/c1-27-12-9-18(10-13-27)28-17-5-2-15(3-6-17)22-23-19(8-11-25-22)20-14-16(24)4-7-21(20)26-23/h2-7,14,18,22,25-26H,8-13H2,1H3. The van der Waals surface area contributed by atoms with Crippen LogP contribution < -0.4 is 10.1 Å². The number of hydrogen-bond acceptors (Lipinski definition) is 3.